The van der Waals surface area contributed by atoms with Gasteiger partial charge in [0.2, 0.25) is 5.91 Å². The standard InChI is InChI=1S/C16H27N3O2/c1-13(2)19(12-16(20)18-9-4-10-21-3)15-7-5-14(11-17)6-8-15/h5-8,13H,4,9-12,17H2,1-3H3,(H,18,20). The van der Waals surface area contributed by atoms with Crippen molar-refractivity contribution in [2.24, 2.45) is 5.73 Å². The normalized spacial score (nSPS) is 10.7. The first-order chi connectivity index (χ1) is 10.1. The van der Waals surface area contributed by atoms with E-state index in [9.17, 15) is 4.79 Å². The minimum absolute atomic E-state index is 0.0303. The summed E-state index contributed by atoms with van der Waals surface area (Å²) in [5, 5.41) is 2.91. The molecule has 0 fully saturated rings. The van der Waals surface area contributed by atoms with Crippen molar-refractivity contribution in [2.45, 2.75) is 32.9 Å². The Morgan fingerprint density at radius 2 is 2.00 bits per heavy atom. The molecule has 0 bridgehead atoms. The van der Waals surface area contributed by atoms with Crippen LogP contribution in [0, 0.1) is 0 Å². The number of hydrogen-bond acceptors (Lipinski definition) is 4. The maximum atomic E-state index is 12.0. The predicted molar refractivity (Wildman–Crippen MR) is 86.3 cm³/mol. The molecule has 21 heavy (non-hydrogen) atoms. The van der Waals surface area contributed by atoms with Gasteiger partial charge in [0, 0.05) is 38.5 Å². The van der Waals surface area contributed by atoms with Crippen molar-refractivity contribution in [3.05, 3.63) is 29.8 Å². The van der Waals surface area contributed by atoms with Crippen molar-refractivity contribution < 1.29 is 9.53 Å². The fourth-order valence-electron chi connectivity index (χ4n) is 2.05. The number of nitrogens with two attached hydrogens (primary N) is 1. The first-order valence-corrected chi connectivity index (χ1v) is 7.39. The molecule has 0 heterocycles. The summed E-state index contributed by atoms with van der Waals surface area (Å²) in [4.78, 5) is 14.1. The summed E-state index contributed by atoms with van der Waals surface area (Å²) in [5.74, 6) is 0.0303. The van der Waals surface area contributed by atoms with E-state index in [-0.39, 0.29) is 11.9 Å². The topological polar surface area (TPSA) is 67.6 Å². The SMILES string of the molecule is COCCCNC(=O)CN(c1ccc(CN)cc1)C(C)C. The maximum Gasteiger partial charge on any atom is 0.239 e. The fourth-order valence-corrected chi connectivity index (χ4v) is 2.05. The van der Waals surface area contributed by atoms with E-state index in [4.69, 9.17) is 10.5 Å². The number of nitrogens with one attached hydrogen (secondary N) is 1. The lowest BCUT2D eigenvalue weighted by Crippen LogP contribution is -2.41. The van der Waals surface area contributed by atoms with Crippen molar-refractivity contribution >= 4 is 11.6 Å². The Morgan fingerprint density at radius 3 is 2.52 bits per heavy atom. The lowest BCUT2D eigenvalue weighted by Gasteiger charge is -2.28. The quantitative estimate of drug-likeness (QED) is 0.677. The first-order valence-electron chi connectivity index (χ1n) is 7.39. The largest absolute Gasteiger partial charge is 0.385 e. The smallest absolute Gasteiger partial charge is 0.239 e. The maximum absolute atomic E-state index is 12.0. The number of anilines is 1. The highest BCUT2D eigenvalue weighted by molar-refractivity contribution is 5.81. The van der Waals surface area contributed by atoms with Gasteiger partial charge in [0.1, 0.15) is 0 Å². The minimum atomic E-state index is 0.0303. The van der Waals surface area contributed by atoms with Crippen LogP contribution in [0.15, 0.2) is 24.3 Å². The summed E-state index contributed by atoms with van der Waals surface area (Å²) in [6.45, 7) is 6.35. The number of benzene rings is 1. The molecular weight excluding hydrogens is 266 g/mol. The highest BCUT2D eigenvalue weighted by Crippen LogP contribution is 2.17. The molecule has 0 unspecified atom stereocenters. The third kappa shape index (κ3) is 6.14. The van der Waals surface area contributed by atoms with Gasteiger partial charge in [-0.3, -0.25) is 4.79 Å². The molecule has 0 aliphatic carbocycles. The van der Waals surface area contributed by atoms with Crippen molar-refractivity contribution in [3.63, 3.8) is 0 Å². The van der Waals surface area contributed by atoms with Crippen LogP contribution < -0.4 is 16.0 Å². The van der Waals surface area contributed by atoms with E-state index in [0.717, 1.165) is 17.7 Å². The Bertz CT molecular complexity index is 418. The van der Waals surface area contributed by atoms with Crippen molar-refractivity contribution in [3.8, 4) is 0 Å². The molecule has 0 aromatic heterocycles. The second-order valence-electron chi connectivity index (χ2n) is 5.29. The minimum Gasteiger partial charge on any atom is -0.385 e. The van der Waals surface area contributed by atoms with Gasteiger partial charge in [0.05, 0.1) is 6.54 Å². The van der Waals surface area contributed by atoms with Crippen molar-refractivity contribution in [2.75, 3.05) is 31.7 Å². The average Bonchev–Trinajstić information content (AvgIpc) is 2.49. The fraction of sp³-hybridized carbons (Fsp3) is 0.562. The number of rotatable bonds is 9. The molecule has 0 saturated heterocycles. The molecule has 0 saturated carbocycles. The molecule has 3 N–H and O–H groups in total. The Morgan fingerprint density at radius 1 is 1.33 bits per heavy atom. The second-order valence-corrected chi connectivity index (χ2v) is 5.29. The van der Waals surface area contributed by atoms with Gasteiger partial charge in [0.15, 0.2) is 0 Å². The van der Waals surface area contributed by atoms with Crippen molar-refractivity contribution in [1.29, 1.82) is 0 Å². The van der Waals surface area contributed by atoms with E-state index < -0.39 is 0 Å². The zero-order chi connectivity index (χ0) is 15.7. The Kier molecular flexibility index (Phi) is 7.79. The Hall–Kier alpha value is -1.59. The molecule has 5 nitrogen and oxygen atoms in total. The molecule has 1 rings (SSSR count). The van der Waals surface area contributed by atoms with Gasteiger partial charge in [-0.05, 0) is 38.0 Å². The average molecular weight is 293 g/mol. The van der Waals surface area contributed by atoms with E-state index in [1.165, 1.54) is 0 Å². The van der Waals surface area contributed by atoms with Crippen molar-refractivity contribution in [1.82, 2.24) is 5.32 Å². The summed E-state index contributed by atoms with van der Waals surface area (Å²) >= 11 is 0. The molecular formula is C16H27N3O2. The van der Waals surface area contributed by atoms with E-state index >= 15 is 0 Å². The lowest BCUT2D eigenvalue weighted by atomic mass is 10.1. The highest BCUT2D eigenvalue weighted by Gasteiger charge is 2.14. The van der Waals surface area contributed by atoms with Gasteiger partial charge in [-0.25, -0.2) is 0 Å². The van der Waals surface area contributed by atoms with Gasteiger partial charge in [-0.15, -0.1) is 0 Å². The van der Waals surface area contributed by atoms with Crippen LogP contribution in [0.4, 0.5) is 5.69 Å². The van der Waals surface area contributed by atoms with E-state index in [1.807, 2.05) is 24.3 Å². The third-order valence-corrected chi connectivity index (χ3v) is 3.29. The molecule has 0 radical (unpaired) electrons. The number of hydrogen-bond donors (Lipinski definition) is 2. The van der Waals surface area contributed by atoms with Crippen LogP contribution >= 0.6 is 0 Å². The van der Waals surface area contributed by atoms with E-state index in [0.29, 0.717) is 26.2 Å². The summed E-state index contributed by atoms with van der Waals surface area (Å²) < 4.78 is 4.96. The van der Waals surface area contributed by atoms with Gasteiger partial charge >= 0.3 is 0 Å². The summed E-state index contributed by atoms with van der Waals surface area (Å²) in [6, 6.07) is 8.28. The van der Waals surface area contributed by atoms with Crippen LogP contribution in [-0.2, 0) is 16.1 Å². The zero-order valence-corrected chi connectivity index (χ0v) is 13.3. The zero-order valence-electron chi connectivity index (χ0n) is 13.3. The lowest BCUT2D eigenvalue weighted by molar-refractivity contribution is -0.119. The monoisotopic (exact) mass is 293 g/mol. The molecule has 1 amide bonds. The summed E-state index contributed by atoms with van der Waals surface area (Å²) in [7, 11) is 1.66. The molecule has 1 aromatic carbocycles. The molecule has 0 aliphatic heterocycles. The van der Waals surface area contributed by atoms with Gasteiger partial charge < -0.3 is 20.7 Å². The Labute approximate surface area is 127 Å². The van der Waals surface area contributed by atoms with Crippen LogP contribution in [0.2, 0.25) is 0 Å². The molecule has 1 aromatic rings. The van der Waals surface area contributed by atoms with Gasteiger partial charge in [0.25, 0.3) is 0 Å². The molecule has 0 aliphatic rings. The van der Waals surface area contributed by atoms with E-state index in [1.54, 1.807) is 7.11 Å². The molecule has 0 atom stereocenters. The number of ether oxygens (including phenoxy) is 1. The highest BCUT2D eigenvalue weighted by atomic mass is 16.5. The second kappa shape index (κ2) is 9.37. The number of methoxy groups -OCH3 is 1. The van der Waals surface area contributed by atoms with Crippen LogP contribution in [0.25, 0.3) is 0 Å². The van der Waals surface area contributed by atoms with Crippen LogP contribution in [0.3, 0.4) is 0 Å². The third-order valence-electron chi connectivity index (χ3n) is 3.29. The molecule has 5 heteroatoms. The summed E-state index contributed by atoms with van der Waals surface area (Å²) in [5.41, 5.74) is 7.73. The summed E-state index contributed by atoms with van der Waals surface area (Å²) in [6.07, 6.45) is 0.828. The number of nitrogens with zero attached hydrogens (tertiary/aromatic N) is 1. The Balaban J connectivity index is 2.58. The van der Waals surface area contributed by atoms with Gasteiger partial charge in [-0.1, -0.05) is 12.1 Å². The number of carbonyl (C=O) groups is 1. The van der Waals surface area contributed by atoms with E-state index in [2.05, 4.69) is 24.1 Å². The molecule has 0 spiro atoms. The first kappa shape index (κ1) is 17.5. The van der Waals surface area contributed by atoms with Crippen LogP contribution in [-0.4, -0.2) is 38.8 Å². The molecule has 118 valence electrons. The number of amides is 1. The number of carbonyl (C=O) groups excluding carboxylic acids is 1. The van der Waals surface area contributed by atoms with Crippen LogP contribution in [0.5, 0.6) is 0 Å². The van der Waals surface area contributed by atoms with Gasteiger partial charge in [-0.2, -0.15) is 0 Å². The van der Waals surface area contributed by atoms with Crippen LogP contribution in [0.1, 0.15) is 25.8 Å². The predicted octanol–water partition coefficient (Wildman–Crippen LogP) is 1.51.